The van der Waals surface area contributed by atoms with Crippen molar-refractivity contribution >= 4 is 104 Å². The van der Waals surface area contributed by atoms with Gasteiger partial charge in [0.15, 0.2) is 17.9 Å². The Hall–Kier alpha value is -14.1. The zero-order valence-corrected chi connectivity index (χ0v) is 85.2. The summed E-state index contributed by atoms with van der Waals surface area (Å²) in [6, 6.07) is 61.2. The van der Waals surface area contributed by atoms with E-state index in [0.29, 0.717) is 115 Å². The largest absolute Gasteiger partial charge is 0.508 e. The van der Waals surface area contributed by atoms with Crippen molar-refractivity contribution in [1.82, 2.24) is 33.8 Å². The number of alkyl halides is 3. The lowest BCUT2D eigenvalue weighted by atomic mass is 9.86. The van der Waals surface area contributed by atoms with Crippen LogP contribution >= 0.6 is 34.8 Å². The van der Waals surface area contributed by atoms with Gasteiger partial charge in [-0.1, -0.05) is 193 Å². The van der Waals surface area contributed by atoms with Crippen molar-refractivity contribution < 1.29 is 67.8 Å². The first-order chi connectivity index (χ1) is 70.2. The van der Waals surface area contributed by atoms with Crippen LogP contribution in [0.2, 0.25) is 0 Å². The van der Waals surface area contributed by atoms with Crippen molar-refractivity contribution in [3.8, 4) is 56.5 Å². The lowest BCUT2D eigenvalue weighted by Crippen LogP contribution is -2.44. The Morgan fingerprint density at radius 1 is 0.497 bits per heavy atom. The fourth-order valence-electron chi connectivity index (χ4n) is 19.9. The first-order valence-corrected chi connectivity index (χ1v) is 50.7. The number of rotatable bonds is 33. The fraction of sp³-hybridized carbons (Fsp3) is 0.369. The van der Waals surface area contributed by atoms with Gasteiger partial charge in [-0.3, -0.25) is 24.1 Å². The number of amides is 4. The fourth-order valence-corrected chi connectivity index (χ4v) is 20.1. The number of pyridine rings is 4. The zero-order chi connectivity index (χ0) is 103. The highest BCUT2D eigenvalue weighted by Crippen LogP contribution is 2.49. The standard InChI is InChI=1S/C52H51N7O8.C30H32ClN5O3.C22H20N2O5.C6H15N.CH2Cl2/c1-4-35-40-25-34(20-22-45(40)55-48-41(35)28-58-46(48)26-44-43(49(58)61)30-65-50(62)52(44,64)5-2)67-31-59(33-14-8-6-9-15-33)51(63)66-29-42-37-17-12-11-16-36(37)38-21-19-32(24-39(38)42)27-57(3)47(60)18-10-7-13-23-54-56-53;1-35(29(37)14-6-3-9-17-33-34-32)19-22-15-16-26-24-12-7-8-13-25(24)28(27(26)18-22)20-39-30(38)36(21-31)23-10-4-2-5-11-23;1-3-12-13-7-11(25)5-6-17(13)23-19-14(12)9-24-18(19)8-16-15(20(24)26)10-29-21(27)22(16,28)4-2;1-4-7(5-2)6-3;2-1-3/h6,8-9,11-12,14-17,19-22,24-26,42,64H,4-5,7,10,13,18,23,27-31H2,1-3H3;2,4-5,7-8,10-13,15-16,18,28H,3,6,9,14,17,19-21H2,1H3;5-8,25,28H,3-4,9-10H2,1-2H3;4-6H2,1-3H3;1H2/t42?,52-;;22-;;/m0.0../s1. The summed E-state index contributed by atoms with van der Waals surface area (Å²) in [7, 11) is 3.62. The average molecular weight is 2030 g/mol. The van der Waals surface area contributed by atoms with Crippen LogP contribution in [0, 0.1) is 0 Å². The first-order valence-electron chi connectivity index (χ1n) is 49.1. The molecule has 34 heteroatoms. The molecule has 8 heterocycles. The van der Waals surface area contributed by atoms with E-state index in [-0.39, 0.29) is 116 Å². The minimum atomic E-state index is -1.92. The third-order valence-electron chi connectivity index (χ3n) is 27.8. The number of azide groups is 2. The number of ether oxygens (including phenoxy) is 5. The molecule has 4 amide bonds. The summed E-state index contributed by atoms with van der Waals surface area (Å²) in [6.45, 7) is 19.7. The number of fused-ring (bicyclic) bond motifs is 16. The summed E-state index contributed by atoms with van der Waals surface area (Å²) < 4.78 is 32.0. The molecule has 0 saturated heterocycles. The number of carbonyl (C=O) groups excluding carboxylic acids is 6. The Bertz CT molecular complexity index is 7030. The van der Waals surface area contributed by atoms with E-state index in [1.54, 1.807) is 76.2 Å². The van der Waals surface area contributed by atoms with Gasteiger partial charge in [-0.25, -0.2) is 34.0 Å². The summed E-state index contributed by atoms with van der Waals surface area (Å²) in [5, 5.41) is 41.2. The molecular weight excluding hydrogens is 1910 g/mol. The molecule has 4 aromatic heterocycles. The summed E-state index contributed by atoms with van der Waals surface area (Å²) in [5.41, 5.74) is 33.2. The Morgan fingerprint density at radius 3 is 1.33 bits per heavy atom. The van der Waals surface area contributed by atoms with Gasteiger partial charge < -0.3 is 62.8 Å². The van der Waals surface area contributed by atoms with Gasteiger partial charge in [-0.15, -0.1) is 34.8 Å². The molecule has 0 saturated carbocycles. The van der Waals surface area contributed by atoms with Crippen molar-refractivity contribution in [1.29, 1.82) is 0 Å². The quantitative estimate of drug-likeness (QED) is 0.00396. The molecule has 145 heavy (non-hydrogen) atoms. The third kappa shape index (κ3) is 23.1. The van der Waals surface area contributed by atoms with Gasteiger partial charge in [-0.05, 0) is 222 Å². The van der Waals surface area contributed by atoms with Gasteiger partial charge in [0, 0.05) is 113 Å². The molecule has 756 valence electrons. The van der Waals surface area contributed by atoms with Crippen LogP contribution in [0.1, 0.15) is 202 Å². The molecule has 0 bridgehead atoms. The lowest BCUT2D eigenvalue weighted by molar-refractivity contribution is -0.172. The SMILES string of the molecule is CCN(CC)CC.CCc1c2c(nc3ccc(O)cc13)-c1cc3c(c(=O)n1C2)COC(=O)[C@]3(O)CC.CCc1c2c(nc3ccc(OCN(C(=O)OCC4c5ccccc5-c5ccc(CN(C)C(=O)CCCCCN=[N+]=[N-])cc54)c4ccccc4)cc13)-c1cc3c(c(=O)n1C2)COC(=O)[C@]3(O)CC.CN(Cc1ccc2c(c1)C(COC(=O)N(CCl)c1ccccc1)c1ccccc1-2)C(=O)CCCCCN=[N+]=[N-].ClCCl. The van der Waals surface area contributed by atoms with Gasteiger partial charge in [-0.2, -0.15) is 0 Å². The number of nitrogens with zero attached hydrogens (tertiary/aromatic N) is 15. The number of halogens is 3. The predicted molar refractivity (Wildman–Crippen MR) is 562 cm³/mol. The maximum absolute atomic E-state index is 14.2. The highest BCUT2D eigenvalue weighted by atomic mass is 35.5. The molecule has 8 aromatic carbocycles. The normalized spacial score (nSPS) is 15.6. The van der Waals surface area contributed by atoms with E-state index in [4.69, 9.17) is 79.5 Å². The minimum absolute atomic E-state index is 0.0149. The number of aliphatic hydroxyl groups is 2. The van der Waals surface area contributed by atoms with Gasteiger partial charge in [0.1, 0.15) is 43.9 Å². The second kappa shape index (κ2) is 49.0. The van der Waals surface area contributed by atoms with Crippen LogP contribution < -0.4 is 25.7 Å². The number of unbranched alkanes of at least 4 members (excludes halogenated alkanes) is 4. The summed E-state index contributed by atoms with van der Waals surface area (Å²) in [5.74, 6) is -1.07. The van der Waals surface area contributed by atoms with E-state index in [1.807, 2.05) is 124 Å². The van der Waals surface area contributed by atoms with E-state index in [2.05, 4.69) is 100 Å². The van der Waals surface area contributed by atoms with Gasteiger partial charge in [0.05, 0.1) is 69.1 Å². The number of hydrogen-bond acceptors (Lipinski definition) is 21. The second-order valence-corrected chi connectivity index (χ2v) is 37.1. The smallest absolute Gasteiger partial charge is 0.417 e. The molecule has 4 atom stereocenters. The summed E-state index contributed by atoms with van der Waals surface area (Å²) >= 11 is 15.6. The monoisotopic (exact) mass is 2020 g/mol. The van der Waals surface area contributed by atoms with Gasteiger partial charge >= 0.3 is 24.1 Å². The molecule has 4 aliphatic heterocycles. The molecule has 12 aromatic rings. The molecule has 31 nitrogen and oxygen atoms in total. The number of benzene rings is 8. The van der Waals surface area contributed by atoms with Crippen LogP contribution in [0.15, 0.2) is 214 Å². The predicted octanol–water partition coefficient (Wildman–Crippen LogP) is 21.8. The highest BCUT2D eigenvalue weighted by molar-refractivity contribution is 6.40. The summed E-state index contributed by atoms with van der Waals surface area (Å²) in [6.07, 6.45) is 5.98. The number of cyclic esters (lactones) is 2. The van der Waals surface area contributed by atoms with Crippen molar-refractivity contribution in [2.24, 2.45) is 10.2 Å². The molecule has 6 aliphatic rings. The number of carbonyl (C=O) groups is 6. The van der Waals surface area contributed by atoms with E-state index in [0.717, 1.165) is 133 Å². The Labute approximate surface area is 856 Å². The number of phenolic OH excluding ortho intramolecular Hbond substituents is 1. The van der Waals surface area contributed by atoms with Crippen LogP contribution in [0.4, 0.5) is 21.0 Å². The maximum atomic E-state index is 14.2. The molecule has 18 rings (SSSR count). The molecule has 2 aliphatic carbocycles. The molecule has 0 fully saturated rings. The van der Waals surface area contributed by atoms with Crippen molar-refractivity contribution in [2.45, 2.75) is 188 Å². The average Bonchev–Trinajstić information content (AvgIpc) is 1.63. The number of phenols is 1. The third-order valence-corrected chi connectivity index (χ3v) is 28.0. The number of para-hydroxylation sites is 2. The van der Waals surface area contributed by atoms with Crippen LogP contribution in [-0.2, 0) is 102 Å². The van der Waals surface area contributed by atoms with E-state index in [9.17, 15) is 53.7 Å². The van der Waals surface area contributed by atoms with Crippen LogP contribution in [-0.4, -0.2) is 163 Å². The Balaban J connectivity index is 0.000000179. The van der Waals surface area contributed by atoms with Crippen molar-refractivity contribution in [2.75, 3.05) is 87.9 Å². The Morgan fingerprint density at radius 2 is 0.910 bits per heavy atom. The Kier molecular flexibility index (Phi) is 36.0. The van der Waals surface area contributed by atoms with Crippen LogP contribution in [0.25, 0.3) is 87.7 Å². The summed E-state index contributed by atoms with van der Waals surface area (Å²) in [4.78, 5) is 129. The topological polar surface area (TPSA) is 393 Å². The van der Waals surface area contributed by atoms with Crippen LogP contribution in [0.3, 0.4) is 0 Å². The van der Waals surface area contributed by atoms with Gasteiger partial charge in [0.25, 0.3) is 11.1 Å². The number of aryl methyl sites for hydroxylation is 2. The number of anilines is 2. The first kappa shape index (κ1) is 107. The van der Waals surface area contributed by atoms with Gasteiger partial charge in [0.2, 0.25) is 11.8 Å². The van der Waals surface area contributed by atoms with E-state index in [1.165, 1.54) is 29.4 Å². The molecule has 0 radical (unpaired) electrons. The lowest BCUT2D eigenvalue weighted by Gasteiger charge is -2.31. The number of aromatic hydroxyl groups is 1. The molecule has 0 spiro atoms. The second-order valence-electron chi connectivity index (χ2n) is 36.1. The number of esters is 2. The molecular formula is C111H120Cl3N15O16. The van der Waals surface area contributed by atoms with Crippen molar-refractivity contribution in [3.63, 3.8) is 0 Å². The van der Waals surface area contributed by atoms with Crippen molar-refractivity contribution in [3.05, 3.63) is 314 Å². The highest BCUT2D eigenvalue weighted by Gasteiger charge is 2.48. The van der Waals surface area contributed by atoms with Crippen LogP contribution in [0.5, 0.6) is 11.5 Å². The van der Waals surface area contributed by atoms with E-state index >= 15 is 0 Å². The molecule has 2 unspecified atom stereocenters. The zero-order valence-electron chi connectivity index (χ0n) is 82.9. The number of hydrogen-bond donors (Lipinski definition) is 3. The maximum Gasteiger partial charge on any atom is 0.417 e. The number of aromatic nitrogens is 4. The molecule has 3 N–H and O–H groups in total. The van der Waals surface area contributed by atoms with E-state index < -0.39 is 35.3 Å². The minimum Gasteiger partial charge on any atom is -0.508 e.